The molecule has 0 aliphatic rings. The molecule has 0 rings (SSSR count). The Bertz CT molecular complexity index is 83.5. The Morgan fingerprint density at radius 2 is 1.78 bits per heavy atom. The number of hydrogen-bond acceptors (Lipinski definition) is 2. The van der Waals surface area contributed by atoms with Crippen LogP contribution in [0.3, 0.4) is 0 Å². The van der Waals surface area contributed by atoms with Crippen LogP contribution in [0.15, 0.2) is 12.7 Å². The van der Waals surface area contributed by atoms with E-state index in [1.165, 1.54) is 0 Å². The van der Waals surface area contributed by atoms with E-state index in [9.17, 15) is 4.79 Å². The van der Waals surface area contributed by atoms with Gasteiger partial charge in [-0.3, -0.25) is 0 Å². The molecular weight excluding hydrogens is 120 g/mol. The topological polar surface area (TPSA) is 57.5 Å². The molecule has 3 nitrogen and oxygen atoms in total. The number of carbonyl (C=O) groups is 1. The van der Waals surface area contributed by atoms with Crippen molar-refractivity contribution in [2.24, 2.45) is 0 Å². The van der Waals surface area contributed by atoms with Gasteiger partial charge in [0.25, 0.3) is 0 Å². The summed E-state index contributed by atoms with van der Waals surface area (Å²) in [6.45, 7) is 6.41. The van der Waals surface area contributed by atoms with E-state index >= 15 is 0 Å². The first-order valence-corrected chi connectivity index (χ1v) is 2.54. The molecule has 0 saturated carbocycles. The summed E-state index contributed by atoms with van der Waals surface area (Å²) in [6, 6.07) is 0. The Kier molecular flexibility index (Phi) is 8.79. The summed E-state index contributed by atoms with van der Waals surface area (Å²) in [4.78, 5) is 9.25. The van der Waals surface area contributed by atoms with Gasteiger partial charge in [0.15, 0.2) is 0 Å². The SMILES string of the molecule is C=CC(=O)O.CC(C)O. The van der Waals surface area contributed by atoms with E-state index in [2.05, 4.69) is 6.58 Å². The molecule has 0 radical (unpaired) electrons. The van der Waals surface area contributed by atoms with Crippen molar-refractivity contribution in [2.75, 3.05) is 0 Å². The highest BCUT2D eigenvalue weighted by molar-refractivity contribution is 5.78. The maximum Gasteiger partial charge on any atom is 0.327 e. The first kappa shape index (κ1) is 11.0. The molecule has 0 atom stereocenters. The van der Waals surface area contributed by atoms with Crippen LogP contribution in [-0.2, 0) is 4.79 Å². The van der Waals surface area contributed by atoms with Crippen molar-refractivity contribution in [3.8, 4) is 0 Å². The highest BCUT2D eigenvalue weighted by atomic mass is 16.4. The molecule has 0 unspecified atom stereocenters. The molecular formula is C6H12O3. The van der Waals surface area contributed by atoms with Gasteiger partial charge in [0.05, 0.1) is 0 Å². The van der Waals surface area contributed by atoms with Gasteiger partial charge in [-0.15, -0.1) is 0 Å². The molecule has 2 N–H and O–H groups in total. The number of carboxylic acids is 1. The summed E-state index contributed by atoms with van der Waals surface area (Å²) in [5.74, 6) is -0.981. The summed E-state index contributed by atoms with van der Waals surface area (Å²) in [7, 11) is 0. The van der Waals surface area contributed by atoms with E-state index in [1.807, 2.05) is 0 Å². The van der Waals surface area contributed by atoms with E-state index in [0.29, 0.717) is 0 Å². The van der Waals surface area contributed by atoms with Gasteiger partial charge < -0.3 is 10.2 Å². The second kappa shape index (κ2) is 7.17. The van der Waals surface area contributed by atoms with Crippen LogP contribution in [0.4, 0.5) is 0 Å². The minimum Gasteiger partial charge on any atom is -0.478 e. The van der Waals surface area contributed by atoms with Crippen LogP contribution in [0.5, 0.6) is 0 Å². The average molecular weight is 132 g/mol. The molecule has 54 valence electrons. The molecule has 0 bridgehead atoms. The quantitative estimate of drug-likeness (QED) is 0.515. The predicted molar refractivity (Wildman–Crippen MR) is 35.2 cm³/mol. The third-order valence-electron chi connectivity index (χ3n) is 0.175. The Morgan fingerprint density at radius 1 is 1.67 bits per heavy atom. The van der Waals surface area contributed by atoms with Crippen molar-refractivity contribution in [3.63, 3.8) is 0 Å². The van der Waals surface area contributed by atoms with E-state index in [4.69, 9.17) is 10.2 Å². The minimum atomic E-state index is -0.981. The van der Waals surface area contributed by atoms with Gasteiger partial charge in [-0.25, -0.2) is 4.79 Å². The lowest BCUT2D eigenvalue weighted by atomic mass is 10.5. The lowest BCUT2D eigenvalue weighted by Gasteiger charge is -1.80. The first-order chi connectivity index (χ1) is 4.00. The average Bonchev–Trinajstić information content (AvgIpc) is 1.65. The van der Waals surface area contributed by atoms with Crippen molar-refractivity contribution < 1.29 is 15.0 Å². The fourth-order valence-corrected chi connectivity index (χ4v) is 0. The highest BCUT2D eigenvalue weighted by Crippen LogP contribution is 1.65. The third kappa shape index (κ3) is 140. The number of carboxylic acid groups (broad SMARTS) is 1. The lowest BCUT2D eigenvalue weighted by molar-refractivity contribution is -0.131. The van der Waals surface area contributed by atoms with Crippen molar-refractivity contribution in [2.45, 2.75) is 20.0 Å². The number of aliphatic hydroxyl groups is 1. The van der Waals surface area contributed by atoms with Crippen LogP contribution in [0.1, 0.15) is 13.8 Å². The van der Waals surface area contributed by atoms with Crippen molar-refractivity contribution >= 4 is 5.97 Å². The molecule has 3 heteroatoms. The van der Waals surface area contributed by atoms with E-state index in [1.54, 1.807) is 13.8 Å². The van der Waals surface area contributed by atoms with Gasteiger partial charge in [0, 0.05) is 12.2 Å². The van der Waals surface area contributed by atoms with Gasteiger partial charge in [-0.2, -0.15) is 0 Å². The van der Waals surface area contributed by atoms with Crippen molar-refractivity contribution in [3.05, 3.63) is 12.7 Å². The molecule has 9 heavy (non-hydrogen) atoms. The number of rotatable bonds is 1. The molecule has 0 saturated heterocycles. The van der Waals surface area contributed by atoms with E-state index in [-0.39, 0.29) is 6.10 Å². The first-order valence-electron chi connectivity index (χ1n) is 2.54. The van der Waals surface area contributed by atoms with Crippen molar-refractivity contribution in [1.82, 2.24) is 0 Å². The molecule has 0 heterocycles. The van der Waals surface area contributed by atoms with Crippen LogP contribution in [0.2, 0.25) is 0 Å². The second-order valence-corrected chi connectivity index (χ2v) is 1.64. The fourth-order valence-electron chi connectivity index (χ4n) is 0. The van der Waals surface area contributed by atoms with Gasteiger partial charge in [0.1, 0.15) is 0 Å². The van der Waals surface area contributed by atoms with E-state index < -0.39 is 5.97 Å². The largest absolute Gasteiger partial charge is 0.478 e. The Hall–Kier alpha value is -0.830. The summed E-state index contributed by atoms with van der Waals surface area (Å²) in [6.07, 6.45) is 0.667. The standard InChI is InChI=1S/C3H4O2.C3H8O/c1-2-3(4)5;1-3(2)4/h2H,1H2,(H,4,5);3-4H,1-2H3. The lowest BCUT2D eigenvalue weighted by Crippen LogP contribution is -1.85. The summed E-state index contributed by atoms with van der Waals surface area (Å²) >= 11 is 0. The summed E-state index contributed by atoms with van der Waals surface area (Å²) in [5, 5.41) is 15.7. The molecule has 0 aromatic heterocycles. The number of hydrogen-bond donors (Lipinski definition) is 2. The van der Waals surface area contributed by atoms with E-state index in [0.717, 1.165) is 6.08 Å². The van der Waals surface area contributed by atoms with Crippen molar-refractivity contribution in [1.29, 1.82) is 0 Å². The Labute approximate surface area is 54.6 Å². The summed E-state index contributed by atoms with van der Waals surface area (Å²) < 4.78 is 0. The number of aliphatic carboxylic acids is 1. The van der Waals surface area contributed by atoms with Crippen LogP contribution >= 0.6 is 0 Å². The fraction of sp³-hybridized carbons (Fsp3) is 0.500. The van der Waals surface area contributed by atoms with Crippen LogP contribution in [-0.4, -0.2) is 22.3 Å². The molecule has 0 aromatic rings. The smallest absolute Gasteiger partial charge is 0.327 e. The molecule has 0 amide bonds. The monoisotopic (exact) mass is 132 g/mol. The Morgan fingerprint density at radius 3 is 1.78 bits per heavy atom. The molecule has 0 aromatic carbocycles. The van der Waals surface area contributed by atoms with Gasteiger partial charge in [0.2, 0.25) is 0 Å². The normalized spacial score (nSPS) is 7.56. The third-order valence-corrected chi connectivity index (χ3v) is 0.175. The van der Waals surface area contributed by atoms with Gasteiger partial charge in [-0.1, -0.05) is 6.58 Å². The maximum atomic E-state index is 9.25. The predicted octanol–water partition coefficient (Wildman–Crippen LogP) is 0.644. The zero-order chi connectivity index (χ0) is 7.86. The molecule has 0 fully saturated rings. The zero-order valence-electron chi connectivity index (χ0n) is 5.66. The van der Waals surface area contributed by atoms with Gasteiger partial charge in [-0.05, 0) is 13.8 Å². The second-order valence-electron chi connectivity index (χ2n) is 1.64. The maximum absolute atomic E-state index is 9.25. The highest BCUT2D eigenvalue weighted by Gasteiger charge is 1.73. The van der Waals surface area contributed by atoms with Gasteiger partial charge >= 0.3 is 5.97 Å². The minimum absolute atomic E-state index is 0.167. The Balaban J connectivity index is 0. The molecule has 0 spiro atoms. The summed E-state index contributed by atoms with van der Waals surface area (Å²) in [5.41, 5.74) is 0. The van der Waals surface area contributed by atoms with Crippen LogP contribution in [0, 0.1) is 0 Å². The number of aliphatic hydroxyl groups excluding tert-OH is 1. The zero-order valence-corrected chi connectivity index (χ0v) is 5.66. The molecule has 0 aliphatic heterocycles. The molecule has 0 aliphatic carbocycles. The van der Waals surface area contributed by atoms with Crippen LogP contribution in [0.25, 0.3) is 0 Å². The van der Waals surface area contributed by atoms with Crippen LogP contribution < -0.4 is 0 Å².